The maximum absolute atomic E-state index is 11.3. The van der Waals surface area contributed by atoms with E-state index in [1.165, 1.54) is 31.3 Å². The first-order valence-corrected chi connectivity index (χ1v) is 5.94. The van der Waals surface area contributed by atoms with Crippen LogP contribution in [0.3, 0.4) is 0 Å². The number of ether oxygens (including phenoxy) is 1. The van der Waals surface area contributed by atoms with E-state index in [4.69, 9.17) is 4.74 Å². The highest BCUT2D eigenvalue weighted by molar-refractivity contribution is 5.74. The van der Waals surface area contributed by atoms with Gasteiger partial charge in [0, 0.05) is 19.9 Å². The van der Waals surface area contributed by atoms with Gasteiger partial charge in [0.1, 0.15) is 0 Å². The number of rotatable bonds is 5. The lowest BCUT2D eigenvalue weighted by Gasteiger charge is -2.10. The van der Waals surface area contributed by atoms with E-state index < -0.39 is 0 Å². The summed E-state index contributed by atoms with van der Waals surface area (Å²) < 4.78 is 4.84. The molecule has 0 aromatic heterocycles. The van der Waals surface area contributed by atoms with Crippen molar-refractivity contribution in [2.45, 2.75) is 32.6 Å². The molecule has 2 amide bonds. The van der Waals surface area contributed by atoms with Crippen LogP contribution in [0.2, 0.25) is 0 Å². The van der Waals surface area contributed by atoms with Crippen molar-refractivity contribution >= 4 is 6.03 Å². The third-order valence-electron chi connectivity index (χ3n) is 3.02. The van der Waals surface area contributed by atoms with Gasteiger partial charge in [0.2, 0.25) is 0 Å². The number of nitrogens with one attached hydrogen (secondary N) is 2. The number of allylic oxidation sites excluding steroid dienone is 1. The van der Waals surface area contributed by atoms with E-state index in [9.17, 15) is 4.79 Å². The molecule has 1 fully saturated rings. The zero-order chi connectivity index (χ0) is 11.8. The van der Waals surface area contributed by atoms with Crippen LogP contribution in [0.25, 0.3) is 0 Å². The summed E-state index contributed by atoms with van der Waals surface area (Å²) in [7, 11) is 1.61. The van der Waals surface area contributed by atoms with Crippen LogP contribution < -0.4 is 10.6 Å². The molecule has 0 atom stereocenters. The van der Waals surface area contributed by atoms with E-state index in [1.54, 1.807) is 7.11 Å². The Morgan fingerprint density at radius 3 is 2.75 bits per heavy atom. The van der Waals surface area contributed by atoms with Gasteiger partial charge in [-0.1, -0.05) is 18.4 Å². The zero-order valence-corrected chi connectivity index (χ0v) is 10.2. The van der Waals surface area contributed by atoms with E-state index in [-0.39, 0.29) is 6.03 Å². The predicted octanol–water partition coefficient (Wildman–Crippen LogP) is 2.03. The van der Waals surface area contributed by atoms with Crippen LogP contribution in [0.15, 0.2) is 11.8 Å². The monoisotopic (exact) mass is 226 g/mol. The largest absolute Gasteiger partial charge is 0.383 e. The average molecular weight is 226 g/mol. The predicted molar refractivity (Wildman–Crippen MR) is 64.1 cm³/mol. The average Bonchev–Trinajstić information content (AvgIpc) is 2.79. The molecule has 4 nitrogen and oxygen atoms in total. The maximum Gasteiger partial charge on any atom is 0.318 e. The van der Waals surface area contributed by atoms with Gasteiger partial charge >= 0.3 is 6.03 Å². The van der Waals surface area contributed by atoms with Gasteiger partial charge < -0.3 is 15.4 Å². The van der Waals surface area contributed by atoms with Crippen molar-refractivity contribution in [3.8, 4) is 0 Å². The lowest BCUT2D eigenvalue weighted by Crippen LogP contribution is -2.34. The highest BCUT2D eigenvalue weighted by Crippen LogP contribution is 2.30. The van der Waals surface area contributed by atoms with Crippen LogP contribution in [0, 0.1) is 5.92 Å². The Hall–Kier alpha value is -1.03. The first kappa shape index (κ1) is 13.0. The molecule has 1 aliphatic rings. The normalized spacial score (nSPS) is 17.5. The van der Waals surface area contributed by atoms with Crippen LogP contribution >= 0.6 is 0 Å². The van der Waals surface area contributed by atoms with Crippen molar-refractivity contribution in [2.75, 3.05) is 20.3 Å². The van der Waals surface area contributed by atoms with Crippen LogP contribution in [0.5, 0.6) is 0 Å². The summed E-state index contributed by atoms with van der Waals surface area (Å²) in [6, 6.07) is -0.158. The molecule has 1 aliphatic carbocycles. The summed E-state index contributed by atoms with van der Waals surface area (Å²) in [5.74, 6) is 0.666. The summed E-state index contributed by atoms with van der Waals surface area (Å²) in [6.45, 7) is 3.17. The minimum absolute atomic E-state index is 0.158. The number of hydrogen-bond donors (Lipinski definition) is 2. The summed E-state index contributed by atoms with van der Waals surface area (Å²) in [6.07, 6.45) is 6.98. The van der Waals surface area contributed by atoms with E-state index in [0.717, 1.165) is 0 Å². The van der Waals surface area contributed by atoms with Crippen molar-refractivity contribution in [1.82, 2.24) is 10.6 Å². The molecule has 16 heavy (non-hydrogen) atoms. The third kappa shape index (κ3) is 4.66. The van der Waals surface area contributed by atoms with Gasteiger partial charge in [-0.05, 0) is 25.7 Å². The second-order valence-electron chi connectivity index (χ2n) is 4.26. The molecule has 0 aromatic rings. The number of carbonyl (C=O) groups is 1. The number of amides is 2. The molecule has 0 heterocycles. The number of carbonyl (C=O) groups excluding carboxylic acids is 1. The molecule has 1 saturated carbocycles. The van der Waals surface area contributed by atoms with Crippen molar-refractivity contribution < 1.29 is 9.53 Å². The number of urea groups is 1. The Kier molecular flexibility index (Phi) is 5.93. The Labute approximate surface area is 97.4 Å². The lowest BCUT2D eigenvalue weighted by molar-refractivity contribution is 0.196. The topological polar surface area (TPSA) is 50.4 Å². The fourth-order valence-electron chi connectivity index (χ4n) is 2.00. The SMILES string of the molecule is COCCNC(=O)N/C=C(\C)C1CCCC1. The fraction of sp³-hybridized carbons (Fsp3) is 0.750. The minimum Gasteiger partial charge on any atom is -0.383 e. The molecule has 0 spiro atoms. The highest BCUT2D eigenvalue weighted by atomic mass is 16.5. The number of hydrogen-bond acceptors (Lipinski definition) is 2. The van der Waals surface area contributed by atoms with Crippen molar-refractivity contribution in [3.05, 3.63) is 11.8 Å². The Morgan fingerprint density at radius 1 is 1.44 bits per heavy atom. The van der Waals surface area contributed by atoms with Gasteiger partial charge in [0.25, 0.3) is 0 Å². The van der Waals surface area contributed by atoms with Crippen LogP contribution in [-0.4, -0.2) is 26.3 Å². The molecular weight excluding hydrogens is 204 g/mol. The van der Waals surface area contributed by atoms with E-state index >= 15 is 0 Å². The molecule has 0 unspecified atom stereocenters. The molecule has 0 saturated heterocycles. The maximum atomic E-state index is 11.3. The highest BCUT2D eigenvalue weighted by Gasteiger charge is 2.16. The van der Waals surface area contributed by atoms with Gasteiger partial charge in [-0.2, -0.15) is 0 Å². The second-order valence-corrected chi connectivity index (χ2v) is 4.26. The summed E-state index contributed by atoms with van der Waals surface area (Å²) in [5, 5.41) is 5.46. The Bertz CT molecular complexity index is 245. The Morgan fingerprint density at radius 2 is 2.12 bits per heavy atom. The van der Waals surface area contributed by atoms with Gasteiger partial charge in [-0.25, -0.2) is 4.79 Å². The molecule has 92 valence electrons. The first-order valence-electron chi connectivity index (χ1n) is 5.94. The van der Waals surface area contributed by atoms with Crippen LogP contribution in [-0.2, 0) is 4.74 Å². The summed E-state index contributed by atoms with van der Waals surface area (Å²) >= 11 is 0. The second kappa shape index (κ2) is 7.28. The van der Waals surface area contributed by atoms with Gasteiger partial charge in [-0.15, -0.1) is 0 Å². The number of methoxy groups -OCH3 is 1. The smallest absolute Gasteiger partial charge is 0.318 e. The van der Waals surface area contributed by atoms with Crippen molar-refractivity contribution in [3.63, 3.8) is 0 Å². The lowest BCUT2D eigenvalue weighted by atomic mass is 10.0. The van der Waals surface area contributed by atoms with Gasteiger partial charge in [-0.3, -0.25) is 0 Å². The molecule has 0 aromatic carbocycles. The van der Waals surface area contributed by atoms with E-state index in [1.807, 2.05) is 6.20 Å². The first-order chi connectivity index (χ1) is 7.74. The van der Waals surface area contributed by atoms with E-state index in [2.05, 4.69) is 17.6 Å². The molecule has 0 aliphatic heterocycles. The molecule has 1 rings (SSSR count). The molecular formula is C12H22N2O2. The van der Waals surface area contributed by atoms with Crippen LogP contribution in [0.4, 0.5) is 4.79 Å². The molecule has 0 radical (unpaired) electrons. The van der Waals surface area contributed by atoms with Gasteiger partial charge in [0.15, 0.2) is 0 Å². The minimum atomic E-state index is -0.158. The Balaban J connectivity index is 2.20. The van der Waals surface area contributed by atoms with Gasteiger partial charge in [0.05, 0.1) is 6.61 Å². The summed E-state index contributed by atoms with van der Waals surface area (Å²) in [5.41, 5.74) is 1.28. The summed E-state index contributed by atoms with van der Waals surface area (Å²) in [4.78, 5) is 11.3. The molecule has 0 bridgehead atoms. The zero-order valence-electron chi connectivity index (χ0n) is 10.2. The van der Waals surface area contributed by atoms with Crippen molar-refractivity contribution in [2.24, 2.45) is 5.92 Å². The third-order valence-corrected chi connectivity index (χ3v) is 3.02. The van der Waals surface area contributed by atoms with Crippen LogP contribution in [0.1, 0.15) is 32.6 Å². The molecule has 4 heteroatoms. The molecule has 2 N–H and O–H groups in total. The van der Waals surface area contributed by atoms with Crippen molar-refractivity contribution in [1.29, 1.82) is 0 Å². The quantitative estimate of drug-likeness (QED) is 0.705. The fourth-order valence-corrected chi connectivity index (χ4v) is 2.00. The standard InChI is InChI=1S/C12H22N2O2/c1-10(11-5-3-4-6-11)9-14-12(15)13-7-8-16-2/h9,11H,3-8H2,1-2H3,(H2,13,14,15)/b10-9+. The van der Waals surface area contributed by atoms with E-state index in [0.29, 0.717) is 19.1 Å².